The fourth-order valence-corrected chi connectivity index (χ4v) is 6.87. The van der Waals surface area contributed by atoms with Crippen molar-refractivity contribution in [1.82, 2.24) is 5.32 Å². The van der Waals surface area contributed by atoms with E-state index in [9.17, 15) is 13.2 Å². The highest BCUT2D eigenvalue weighted by Gasteiger charge is 2.37. The highest BCUT2D eigenvalue weighted by molar-refractivity contribution is 7.99. The van der Waals surface area contributed by atoms with Gasteiger partial charge in [-0.05, 0) is 49.2 Å². The summed E-state index contributed by atoms with van der Waals surface area (Å²) in [5, 5.41) is 4.05. The Labute approximate surface area is 198 Å². The fourth-order valence-electron chi connectivity index (χ4n) is 4.05. The van der Waals surface area contributed by atoms with Gasteiger partial charge in [-0.15, -0.1) is 0 Å². The van der Waals surface area contributed by atoms with Crippen LogP contribution in [0.15, 0.2) is 53.4 Å². The number of para-hydroxylation sites is 2. The van der Waals surface area contributed by atoms with Crippen LogP contribution >= 0.6 is 23.4 Å². The van der Waals surface area contributed by atoms with E-state index in [0.29, 0.717) is 28.3 Å². The topological polar surface area (TPSA) is 75.7 Å². The first kappa shape index (κ1) is 23.3. The Morgan fingerprint density at radius 3 is 2.56 bits per heavy atom. The first-order valence-corrected chi connectivity index (χ1v) is 13.7. The molecule has 0 unspecified atom stereocenters. The molecule has 1 saturated carbocycles. The van der Waals surface area contributed by atoms with Gasteiger partial charge in [0.05, 0.1) is 17.1 Å². The van der Waals surface area contributed by atoms with Crippen LogP contribution < -0.4 is 14.4 Å². The first-order valence-electron chi connectivity index (χ1n) is 10.9. The predicted octanol–water partition coefficient (Wildman–Crippen LogP) is 4.48. The third kappa shape index (κ3) is 5.35. The molecule has 2 aromatic carbocycles. The molecular formula is C23H27ClN2O4S2. The van der Waals surface area contributed by atoms with E-state index in [-0.39, 0.29) is 17.3 Å². The molecule has 32 heavy (non-hydrogen) atoms. The molecule has 0 spiro atoms. The molecule has 0 aromatic heterocycles. The van der Waals surface area contributed by atoms with Crippen molar-refractivity contribution >= 4 is 45.0 Å². The molecule has 0 saturated heterocycles. The SMILES string of the molecule is O=C(NCCSC1CCCCC1)[C@@H]1CN(S(=O)(=O)c2ccc(Cl)cc2)c2ccccc2O1. The zero-order chi connectivity index (χ0) is 22.6. The number of benzene rings is 2. The van der Waals surface area contributed by atoms with Crippen LogP contribution in [0.3, 0.4) is 0 Å². The summed E-state index contributed by atoms with van der Waals surface area (Å²) in [6.07, 6.45) is 5.47. The Morgan fingerprint density at radius 1 is 1.09 bits per heavy atom. The van der Waals surface area contributed by atoms with Crippen molar-refractivity contribution in [3.63, 3.8) is 0 Å². The summed E-state index contributed by atoms with van der Waals surface area (Å²) < 4.78 is 33.8. The molecule has 1 heterocycles. The molecule has 1 atom stereocenters. The molecule has 0 bridgehead atoms. The summed E-state index contributed by atoms with van der Waals surface area (Å²) in [4.78, 5) is 12.9. The number of sulfonamides is 1. The lowest BCUT2D eigenvalue weighted by Crippen LogP contribution is -2.51. The number of anilines is 1. The summed E-state index contributed by atoms with van der Waals surface area (Å²) in [7, 11) is -3.89. The molecule has 2 aliphatic rings. The van der Waals surface area contributed by atoms with Crippen molar-refractivity contribution in [3.8, 4) is 5.75 Å². The lowest BCUT2D eigenvalue weighted by molar-refractivity contribution is -0.127. The monoisotopic (exact) mass is 494 g/mol. The lowest BCUT2D eigenvalue weighted by Gasteiger charge is -2.34. The standard InChI is InChI=1S/C23H27ClN2O4S2/c24-17-10-12-19(13-11-17)32(28,29)26-16-22(30-21-9-5-4-8-20(21)26)23(27)25-14-15-31-18-6-2-1-3-7-18/h4-5,8-13,18,22H,1-3,6-7,14-16H2,(H,25,27)/t22-/m0/s1. The Hall–Kier alpha value is -1.90. The molecule has 1 amide bonds. The number of nitrogens with zero attached hydrogens (tertiary/aromatic N) is 1. The molecule has 1 aliphatic heterocycles. The van der Waals surface area contributed by atoms with Crippen molar-refractivity contribution in [2.45, 2.75) is 48.4 Å². The fraction of sp³-hybridized carbons (Fsp3) is 0.435. The Morgan fingerprint density at radius 2 is 1.81 bits per heavy atom. The van der Waals surface area contributed by atoms with Gasteiger partial charge in [0, 0.05) is 22.6 Å². The molecule has 1 fully saturated rings. The number of carbonyl (C=O) groups is 1. The van der Waals surface area contributed by atoms with Gasteiger partial charge in [-0.3, -0.25) is 9.10 Å². The minimum atomic E-state index is -3.89. The highest BCUT2D eigenvalue weighted by Crippen LogP contribution is 2.37. The first-order chi connectivity index (χ1) is 15.4. The van der Waals surface area contributed by atoms with Crippen LogP contribution in [0.1, 0.15) is 32.1 Å². The van der Waals surface area contributed by atoms with Crippen LogP contribution in [-0.2, 0) is 14.8 Å². The summed E-state index contributed by atoms with van der Waals surface area (Å²) in [6.45, 7) is 0.439. The molecule has 172 valence electrons. The number of amides is 1. The van der Waals surface area contributed by atoms with Gasteiger partial charge in [-0.1, -0.05) is 43.0 Å². The molecule has 0 radical (unpaired) electrons. The number of carbonyl (C=O) groups excluding carboxylic acids is 1. The van der Waals surface area contributed by atoms with Gasteiger partial charge in [0.15, 0.2) is 6.10 Å². The van der Waals surface area contributed by atoms with Crippen LogP contribution in [0.25, 0.3) is 0 Å². The number of halogens is 1. The van der Waals surface area contributed by atoms with Crippen LogP contribution in [0, 0.1) is 0 Å². The molecule has 9 heteroatoms. The average molecular weight is 495 g/mol. The van der Waals surface area contributed by atoms with Gasteiger partial charge in [0.1, 0.15) is 5.75 Å². The Bertz CT molecular complexity index is 1040. The van der Waals surface area contributed by atoms with E-state index in [4.69, 9.17) is 16.3 Å². The number of hydrogen-bond donors (Lipinski definition) is 1. The highest BCUT2D eigenvalue weighted by atomic mass is 35.5. The van der Waals surface area contributed by atoms with Crippen LogP contribution in [-0.4, -0.2) is 44.5 Å². The Kier molecular flexibility index (Phi) is 7.53. The van der Waals surface area contributed by atoms with Gasteiger partial charge in [-0.25, -0.2) is 8.42 Å². The van der Waals surface area contributed by atoms with E-state index in [0.717, 1.165) is 5.75 Å². The largest absolute Gasteiger partial charge is 0.476 e. The number of nitrogens with one attached hydrogen (secondary N) is 1. The number of thioether (sulfide) groups is 1. The number of rotatable bonds is 7. The summed E-state index contributed by atoms with van der Waals surface area (Å²) in [5.41, 5.74) is 0.416. The second kappa shape index (κ2) is 10.4. The normalized spacial score (nSPS) is 19.2. The zero-order valence-electron chi connectivity index (χ0n) is 17.7. The van der Waals surface area contributed by atoms with E-state index in [1.807, 2.05) is 11.8 Å². The molecule has 1 aliphatic carbocycles. The lowest BCUT2D eigenvalue weighted by atomic mass is 10.0. The summed E-state index contributed by atoms with van der Waals surface area (Å²) in [5.74, 6) is 0.903. The number of ether oxygens (including phenoxy) is 1. The van der Waals surface area contributed by atoms with E-state index >= 15 is 0 Å². The van der Waals surface area contributed by atoms with Gasteiger partial charge < -0.3 is 10.1 Å². The van der Waals surface area contributed by atoms with E-state index in [2.05, 4.69) is 5.32 Å². The van der Waals surface area contributed by atoms with Crippen molar-refractivity contribution in [2.75, 3.05) is 23.1 Å². The second-order valence-electron chi connectivity index (χ2n) is 7.99. The molecule has 1 N–H and O–H groups in total. The number of hydrogen-bond acceptors (Lipinski definition) is 5. The van der Waals surface area contributed by atoms with E-state index in [1.54, 1.807) is 24.3 Å². The Balaban J connectivity index is 1.44. The van der Waals surface area contributed by atoms with Crippen LogP contribution in [0.5, 0.6) is 5.75 Å². The van der Waals surface area contributed by atoms with E-state index < -0.39 is 16.1 Å². The van der Waals surface area contributed by atoms with Gasteiger partial charge in [-0.2, -0.15) is 11.8 Å². The molecule has 4 rings (SSSR count). The molecule has 6 nitrogen and oxygen atoms in total. The average Bonchev–Trinajstić information content (AvgIpc) is 2.82. The minimum absolute atomic E-state index is 0.0937. The maximum atomic E-state index is 13.4. The third-order valence-corrected chi connectivity index (χ3v) is 9.16. The minimum Gasteiger partial charge on any atom is -0.476 e. The van der Waals surface area contributed by atoms with E-state index in [1.165, 1.54) is 60.7 Å². The van der Waals surface area contributed by atoms with Crippen LogP contribution in [0.2, 0.25) is 5.02 Å². The van der Waals surface area contributed by atoms with Crippen molar-refractivity contribution in [1.29, 1.82) is 0 Å². The third-order valence-electron chi connectivity index (χ3n) is 5.74. The smallest absolute Gasteiger partial charge is 0.264 e. The van der Waals surface area contributed by atoms with Crippen molar-refractivity contribution in [3.05, 3.63) is 53.6 Å². The maximum absolute atomic E-state index is 13.4. The zero-order valence-corrected chi connectivity index (χ0v) is 20.1. The van der Waals surface area contributed by atoms with Gasteiger partial charge in [0.25, 0.3) is 15.9 Å². The van der Waals surface area contributed by atoms with Crippen LogP contribution in [0.4, 0.5) is 5.69 Å². The summed E-state index contributed by atoms with van der Waals surface area (Å²) in [6, 6.07) is 12.9. The number of fused-ring (bicyclic) bond motifs is 1. The molecule has 2 aromatic rings. The van der Waals surface area contributed by atoms with Gasteiger partial charge in [0.2, 0.25) is 0 Å². The van der Waals surface area contributed by atoms with Gasteiger partial charge >= 0.3 is 0 Å². The van der Waals surface area contributed by atoms with Crippen molar-refractivity contribution < 1.29 is 17.9 Å². The second-order valence-corrected chi connectivity index (χ2v) is 11.7. The summed E-state index contributed by atoms with van der Waals surface area (Å²) >= 11 is 7.83. The van der Waals surface area contributed by atoms with Crippen molar-refractivity contribution in [2.24, 2.45) is 0 Å². The maximum Gasteiger partial charge on any atom is 0.264 e. The quantitative estimate of drug-likeness (QED) is 0.574. The molecular weight excluding hydrogens is 468 g/mol. The predicted molar refractivity (Wildman–Crippen MR) is 129 cm³/mol.